The molecule has 0 saturated heterocycles. The van der Waals surface area contributed by atoms with Gasteiger partial charge in [0.25, 0.3) is 0 Å². The lowest BCUT2D eigenvalue weighted by molar-refractivity contribution is 0.1000. The minimum absolute atomic E-state index is 0.148. The molecule has 0 aliphatic carbocycles. The second-order valence-electron chi connectivity index (χ2n) is 2.94. The summed E-state index contributed by atoms with van der Waals surface area (Å²) in [5.74, 6) is -0.325. The van der Waals surface area contributed by atoms with Crippen molar-refractivity contribution in [2.24, 2.45) is 5.73 Å². The number of carbonyl (C=O) groups excluding carboxylic acids is 1. The van der Waals surface area contributed by atoms with E-state index in [1.165, 1.54) is 23.2 Å². The second kappa shape index (κ2) is 4.74. The van der Waals surface area contributed by atoms with Gasteiger partial charge >= 0.3 is 0 Å². The van der Waals surface area contributed by atoms with Gasteiger partial charge in [-0.15, -0.1) is 0 Å². The van der Waals surface area contributed by atoms with Crippen LogP contribution in [0, 0.1) is 0 Å². The molecule has 0 saturated carbocycles. The fourth-order valence-corrected chi connectivity index (χ4v) is 1.52. The van der Waals surface area contributed by atoms with Crippen molar-refractivity contribution in [3.05, 3.63) is 23.9 Å². The molecular weight excluding hydrogens is 218 g/mol. The Morgan fingerprint density at radius 3 is 2.80 bits per heavy atom. The van der Waals surface area contributed by atoms with Gasteiger partial charge in [-0.3, -0.25) is 4.79 Å². The number of primary amides is 1. The van der Waals surface area contributed by atoms with E-state index in [1.807, 2.05) is 0 Å². The van der Waals surface area contributed by atoms with Gasteiger partial charge in [-0.1, -0.05) is 0 Å². The van der Waals surface area contributed by atoms with Gasteiger partial charge in [0, 0.05) is 18.8 Å². The average Bonchev–Trinajstić information content (AvgIpc) is 2.17. The van der Waals surface area contributed by atoms with Crippen molar-refractivity contribution in [2.75, 3.05) is 17.8 Å². The number of rotatable bonds is 4. The second-order valence-corrected chi connectivity index (χ2v) is 3.89. The van der Waals surface area contributed by atoms with E-state index in [0.29, 0.717) is 11.4 Å². The highest BCUT2D eigenvalue weighted by Gasteiger charge is 2.06. The summed E-state index contributed by atoms with van der Waals surface area (Å²) in [6, 6.07) is 2.91. The summed E-state index contributed by atoms with van der Waals surface area (Å²) >= 11 is 0. The third-order valence-corrected chi connectivity index (χ3v) is 2.40. The van der Waals surface area contributed by atoms with Crippen LogP contribution < -0.4 is 10.6 Å². The predicted molar refractivity (Wildman–Crippen MR) is 56.3 cm³/mol. The van der Waals surface area contributed by atoms with E-state index in [-0.39, 0.29) is 5.88 Å². The van der Waals surface area contributed by atoms with Crippen LogP contribution >= 0.6 is 0 Å². The zero-order valence-corrected chi connectivity index (χ0v) is 8.98. The van der Waals surface area contributed by atoms with Crippen molar-refractivity contribution in [1.29, 1.82) is 0 Å². The number of nitrogens with zero attached hydrogens (tertiary/aromatic N) is 2. The van der Waals surface area contributed by atoms with E-state index >= 15 is 0 Å². The topological polar surface area (TPSA) is 93.4 Å². The number of aromatic nitrogens is 1. The van der Waals surface area contributed by atoms with E-state index in [9.17, 15) is 13.2 Å². The first-order valence-corrected chi connectivity index (χ1v) is 5.46. The summed E-state index contributed by atoms with van der Waals surface area (Å²) < 4.78 is 21.0. The van der Waals surface area contributed by atoms with Crippen LogP contribution in [0.2, 0.25) is 0 Å². The molecule has 7 heteroatoms. The number of pyridine rings is 1. The highest BCUT2D eigenvalue weighted by atomic mass is 32.2. The summed E-state index contributed by atoms with van der Waals surface area (Å²) in [6.07, 6.45) is 1.41. The molecular formula is C8H11N3O3S. The predicted octanol–water partition coefficient (Wildman–Crippen LogP) is -0.814. The molecule has 1 aromatic rings. The lowest BCUT2D eigenvalue weighted by Gasteiger charge is -2.14. The molecule has 0 fully saturated rings. The molecule has 6 nitrogen and oxygen atoms in total. The highest BCUT2D eigenvalue weighted by molar-refractivity contribution is 7.72. The van der Waals surface area contributed by atoms with E-state index in [2.05, 4.69) is 4.98 Å². The van der Waals surface area contributed by atoms with Crippen molar-refractivity contribution in [3.8, 4) is 0 Å². The van der Waals surface area contributed by atoms with E-state index in [1.54, 1.807) is 7.05 Å². The molecule has 15 heavy (non-hydrogen) atoms. The Morgan fingerprint density at radius 1 is 1.60 bits per heavy atom. The first-order valence-electron chi connectivity index (χ1n) is 4.09. The monoisotopic (exact) mass is 229 g/mol. The number of nitrogens with two attached hydrogens (primary N) is 1. The quantitative estimate of drug-likeness (QED) is 0.658. The zero-order valence-electron chi connectivity index (χ0n) is 8.08. The Kier molecular flexibility index (Phi) is 3.62. The number of amides is 1. The molecule has 1 amide bonds. The van der Waals surface area contributed by atoms with Crippen LogP contribution in [-0.4, -0.2) is 32.2 Å². The van der Waals surface area contributed by atoms with Crippen molar-refractivity contribution in [1.82, 2.24) is 4.98 Å². The Labute approximate surface area is 88.7 Å². The molecule has 2 N–H and O–H groups in total. The van der Waals surface area contributed by atoms with Gasteiger partial charge < -0.3 is 10.6 Å². The first-order chi connectivity index (χ1) is 7.00. The third-order valence-electron chi connectivity index (χ3n) is 1.75. The minimum Gasteiger partial charge on any atom is -0.366 e. The number of hydrogen-bond acceptors (Lipinski definition) is 5. The molecule has 0 bridgehead atoms. The summed E-state index contributed by atoms with van der Waals surface area (Å²) in [7, 11) is -0.951. The van der Waals surface area contributed by atoms with Crippen LogP contribution in [0.1, 0.15) is 10.4 Å². The van der Waals surface area contributed by atoms with Gasteiger partial charge in [-0.05, 0) is 12.1 Å². The number of thiol groups is 1. The summed E-state index contributed by atoms with van der Waals surface area (Å²) in [4.78, 5) is 16.2. The summed E-state index contributed by atoms with van der Waals surface area (Å²) in [6.45, 7) is 0. The molecule has 0 aliphatic rings. The van der Waals surface area contributed by atoms with Gasteiger partial charge in [0.1, 0.15) is 11.7 Å². The van der Waals surface area contributed by atoms with Crippen molar-refractivity contribution in [2.45, 2.75) is 0 Å². The fraction of sp³-hybridized carbons (Fsp3) is 0.250. The fourth-order valence-electron chi connectivity index (χ4n) is 1.03. The SMILES string of the molecule is CN(C[SH](=O)=O)c1cc(C(N)=O)ccn1. The van der Waals surface area contributed by atoms with E-state index < -0.39 is 16.6 Å². The maximum Gasteiger partial charge on any atom is 0.248 e. The largest absolute Gasteiger partial charge is 0.366 e. The average molecular weight is 229 g/mol. The van der Waals surface area contributed by atoms with Gasteiger partial charge in [0.15, 0.2) is 10.7 Å². The smallest absolute Gasteiger partial charge is 0.248 e. The van der Waals surface area contributed by atoms with Gasteiger partial charge in [-0.25, -0.2) is 13.4 Å². The third kappa shape index (κ3) is 3.21. The van der Waals surface area contributed by atoms with Crippen molar-refractivity contribution >= 4 is 22.4 Å². The Hall–Kier alpha value is -1.63. The number of carbonyl (C=O) groups is 1. The van der Waals surface area contributed by atoms with Gasteiger partial charge in [0.05, 0.1) is 0 Å². The maximum atomic E-state index is 10.9. The molecule has 1 aromatic heterocycles. The first kappa shape index (κ1) is 11.4. The van der Waals surface area contributed by atoms with Gasteiger partial charge in [0.2, 0.25) is 5.91 Å². The van der Waals surface area contributed by atoms with E-state index in [4.69, 9.17) is 5.73 Å². The molecule has 1 rings (SSSR count). The molecule has 1 heterocycles. The molecule has 0 aromatic carbocycles. The Morgan fingerprint density at radius 2 is 2.27 bits per heavy atom. The molecule has 0 radical (unpaired) electrons. The van der Waals surface area contributed by atoms with Gasteiger partial charge in [-0.2, -0.15) is 0 Å². The molecule has 0 atom stereocenters. The molecule has 0 spiro atoms. The normalized spacial score (nSPS) is 10.3. The maximum absolute atomic E-state index is 10.9. The van der Waals surface area contributed by atoms with Crippen LogP contribution in [0.3, 0.4) is 0 Å². The minimum atomic E-state index is -2.52. The van der Waals surface area contributed by atoms with E-state index in [0.717, 1.165) is 0 Å². The summed E-state index contributed by atoms with van der Waals surface area (Å²) in [5, 5.41) is 0. The lowest BCUT2D eigenvalue weighted by Crippen LogP contribution is -2.21. The standard InChI is InChI=1S/C8H11N3O3S/c1-11(5-15(13)14)7-4-6(8(9)12)2-3-10-7/h2-4,15H,5H2,1H3,(H2,9,12). The zero-order chi connectivity index (χ0) is 11.4. The van der Waals surface area contributed by atoms with Crippen molar-refractivity contribution in [3.63, 3.8) is 0 Å². The molecule has 82 valence electrons. The lowest BCUT2D eigenvalue weighted by atomic mass is 10.2. The van der Waals surface area contributed by atoms with Crippen LogP contribution in [-0.2, 0) is 10.7 Å². The van der Waals surface area contributed by atoms with Crippen LogP contribution in [0.5, 0.6) is 0 Å². The van der Waals surface area contributed by atoms with Crippen LogP contribution in [0.25, 0.3) is 0 Å². The Bertz CT molecular complexity index is 437. The van der Waals surface area contributed by atoms with Crippen molar-refractivity contribution < 1.29 is 13.2 Å². The van der Waals surface area contributed by atoms with Crippen LogP contribution in [0.15, 0.2) is 18.3 Å². The Balaban J connectivity index is 2.94. The number of hydrogen-bond donors (Lipinski definition) is 2. The van der Waals surface area contributed by atoms with Crippen LogP contribution in [0.4, 0.5) is 5.82 Å². The summed E-state index contributed by atoms with van der Waals surface area (Å²) in [5.41, 5.74) is 5.38. The number of anilines is 1. The molecule has 0 aliphatic heterocycles. The molecule has 0 unspecified atom stereocenters. The highest BCUT2D eigenvalue weighted by Crippen LogP contribution is 2.10.